The summed E-state index contributed by atoms with van der Waals surface area (Å²) in [5.41, 5.74) is 2.25. The van der Waals surface area contributed by atoms with Crippen LogP contribution in [-0.2, 0) is 11.2 Å². The van der Waals surface area contributed by atoms with Gasteiger partial charge in [0.1, 0.15) is 11.9 Å². The summed E-state index contributed by atoms with van der Waals surface area (Å²) in [5.74, 6) is 2.51. The Bertz CT molecular complexity index is 1150. The van der Waals surface area contributed by atoms with Crippen molar-refractivity contribution in [2.45, 2.75) is 51.0 Å². The van der Waals surface area contributed by atoms with Crippen LogP contribution >= 0.6 is 27.5 Å². The standard InChI is InChI=1S/C23H25BrN6O2S/c1-14(31)30-10-7-15(8-11-30)21-27-23(33-29-21)28-22-20(12-16(24)13-26-22)32-19-6-2-5-18-17(19)4-3-9-25-18/h3-4,9,12-13,15,19H,2,5-8,10-11H2,1H3,(H,26,27,28,29). The minimum absolute atomic E-state index is 0.0597. The van der Waals surface area contributed by atoms with Crippen LogP contribution in [0.3, 0.4) is 0 Å². The third-order valence-corrected chi connectivity index (χ3v) is 7.29. The van der Waals surface area contributed by atoms with Gasteiger partial charge in [0.05, 0.1) is 0 Å². The largest absolute Gasteiger partial charge is 0.482 e. The Morgan fingerprint density at radius 1 is 1.27 bits per heavy atom. The van der Waals surface area contributed by atoms with Crippen molar-refractivity contribution < 1.29 is 9.53 Å². The molecule has 1 aliphatic heterocycles. The number of ether oxygens (including phenoxy) is 1. The van der Waals surface area contributed by atoms with Gasteiger partial charge in [-0.3, -0.25) is 9.78 Å². The van der Waals surface area contributed by atoms with E-state index in [4.69, 9.17) is 9.72 Å². The lowest BCUT2D eigenvalue weighted by Crippen LogP contribution is -2.36. The van der Waals surface area contributed by atoms with Crippen molar-refractivity contribution in [2.75, 3.05) is 18.4 Å². The van der Waals surface area contributed by atoms with Crippen molar-refractivity contribution in [2.24, 2.45) is 0 Å². The minimum Gasteiger partial charge on any atom is -0.482 e. The summed E-state index contributed by atoms with van der Waals surface area (Å²) in [7, 11) is 0. The number of piperidine rings is 1. The number of carbonyl (C=O) groups excluding carboxylic acids is 1. The molecule has 0 radical (unpaired) electrons. The second-order valence-corrected chi connectivity index (χ2v) is 10.1. The highest BCUT2D eigenvalue weighted by Crippen LogP contribution is 2.37. The molecule has 1 aliphatic carbocycles. The van der Waals surface area contributed by atoms with E-state index in [-0.39, 0.29) is 17.9 Å². The molecule has 4 heterocycles. The molecular weight excluding hydrogens is 504 g/mol. The van der Waals surface area contributed by atoms with Gasteiger partial charge in [-0.15, -0.1) is 0 Å². The van der Waals surface area contributed by atoms with Crippen LogP contribution in [0.2, 0.25) is 0 Å². The van der Waals surface area contributed by atoms with E-state index in [9.17, 15) is 4.79 Å². The zero-order valence-corrected chi connectivity index (χ0v) is 20.7. The molecule has 1 unspecified atom stereocenters. The molecule has 1 saturated heterocycles. The fraction of sp³-hybridized carbons (Fsp3) is 0.435. The van der Waals surface area contributed by atoms with Gasteiger partial charge >= 0.3 is 0 Å². The van der Waals surface area contributed by atoms with Gasteiger partial charge in [0.2, 0.25) is 11.0 Å². The van der Waals surface area contributed by atoms with Crippen LogP contribution in [0, 0.1) is 0 Å². The molecule has 5 rings (SSSR count). The van der Waals surface area contributed by atoms with Gasteiger partial charge in [0.25, 0.3) is 0 Å². The molecule has 8 nitrogen and oxygen atoms in total. The van der Waals surface area contributed by atoms with E-state index in [1.54, 1.807) is 13.1 Å². The fourth-order valence-corrected chi connectivity index (χ4v) is 5.41. The predicted molar refractivity (Wildman–Crippen MR) is 130 cm³/mol. The van der Waals surface area contributed by atoms with Gasteiger partial charge in [-0.1, -0.05) is 6.07 Å². The Morgan fingerprint density at radius 2 is 2.12 bits per heavy atom. The molecule has 0 saturated carbocycles. The maximum absolute atomic E-state index is 11.6. The molecule has 10 heteroatoms. The number of hydrogen-bond acceptors (Lipinski definition) is 8. The molecule has 3 aromatic heterocycles. The predicted octanol–water partition coefficient (Wildman–Crippen LogP) is 5.02. The zero-order valence-electron chi connectivity index (χ0n) is 18.3. The van der Waals surface area contributed by atoms with Crippen molar-refractivity contribution in [1.82, 2.24) is 24.2 Å². The van der Waals surface area contributed by atoms with Crippen LogP contribution in [0.5, 0.6) is 5.75 Å². The normalized spacial score (nSPS) is 18.6. The van der Waals surface area contributed by atoms with E-state index >= 15 is 0 Å². The molecule has 1 amide bonds. The SMILES string of the molecule is CC(=O)N1CCC(c2nsc(Nc3ncc(Br)cc3OC3CCCc4ncccc43)n2)CC1. The third-order valence-electron chi connectivity index (χ3n) is 6.21. The van der Waals surface area contributed by atoms with Gasteiger partial charge in [0.15, 0.2) is 11.6 Å². The Morgan fingerprint density at radius 3 is 2.94 bits per heavy atom. The Balaban J connectivity index is 1.31. The number of amides is 1. The summed E-state index contributed by atoms with van der Waals surface area (Å²) in [6.07, 6.45) is 8.25. The molecule has 1 atom stereocenters. The second kappa shape index (κ2) is 9.72. The first-order valence-corrected chi connectivity index (χ1v) is 12.8. The summed E-state index contributed by atoms with van der Waals surface area (Å²) in [4.78, 5) is 27.2. The molecule has 172 valence electrons. The molecule has 3 aromatic rings. The van der Waals surface area contributed by atoms with Crippen molar-refractivity contribution in [3.63, 3.8) is 0 Å². The molecule has 0 spiro atoms. The van der Waals surface area contributed by atoms with Crippen LogP contribution in [0.25, 0.3) is 0 Å². The number of anilines is 2. The summed E-state index contributed by atoms with van der Waals surface area (Å²) >= 11 is 4.84. The van der Waals surface area contributed by atoms with E-state index in [0.29, 0.717) is 16.7 Å². The molecule has 1 N–H and O–H groups in total. The third kappa shape index (κ3) is 5.01. The average Bonchev–Trinajstić information content (AvgIpc) is 3.30. The molecule has 1 fully saturated rings. The average molecular weight is 529 g/mol. The molecule has 0 bridgehead atoms. The molecule has 2 aliphatic rings. The first-order chi connectivity index (χ1) is 16.1. The van der Waals surface area contributed by atoms with Gasteiger partial charge in [-0.2, -0.15) is 4.37 Å². The topological polar surface area (TPSA) is 93.1 Å². The summed E-state index contributed by atoms with van der Waals surface area (Å²) in [6.45, 7) is 3.13. The number of pyridine rings is 2. The van der Waals surface area contributed by atoms with E-state index < -0.39 is 0 Å². The minimum atomic E-state index is -0.0597. The number of likely N-dealkylation sites (tertiary alicyclic amines) is 1. The lowest BCUT2D eigenvalue weighted by molar-refractivity contribution is -0.129. The zero-order chi connectivity index (χ0) is 22.8. The first-order valence-electron chi connectivity index (χ1n) is 11.2. The monoisotopic (exact) mass is 528 g/mol. The molecule has 0 aromatic carbocycles. The van der Waals surface area contributed by atoms with E-state index in [2.05, 4.69) is 41.7 Å². The highest BCUT2D eigenvalue weighted by atomic mass is 79.9. The lowest BCUT2D eigenvalue weighted by atomic mass is 9.93. The number of fused-ring (bicyclic) bond motifs is 1. The number of rotatable bonds is 5. The molecular formula is C23H25BrN6O2S. The lowest BCUT2D eigenvalue weighted by Gasteiger charge is -2.29. The van der Waals surface area contributed by atoms with Crippen LogP contribution in [-0.4, -0.2) is 43.2 Å². The Hall–Kier alpha value is -2.59. The summed E-state index contributed by atoms with van der Waals surface area (Å²) in [6, 6.07) is 5.99. The van der Waals surface area contributed by atoms with Gasteiger partial charge in [-0.25, -0.2) is 9.97 Å². The smallest absolute Gasteiger partial charge is 0.219 e. The van der Waals surface area contributed by atoms with Crippen LogP contribution in [0.1, 0.15) is 61.7 Å². The van der Waals surface area contributed by atoms with Crippen molar-refractivity contribution in [1.29, 1.82) is 0 Å². The Labute approximate surface area is 205 Å². The van der Waals surface area contributed by atoms with E-state index in [0.717, 1.165) is 66.7 Å². The van der Waals surface area contributed by atoms with Gasteiger partial charge in [-0.05, 0) is 60.2 Å². The highest BCUT2D eigenvalue weighted by Gasteiger charge is 2.26. The number of nitrogens with zero attached hydrogens (tertiary/aromatic N) is 5. The second-order valence-electron chi connectivity index (χ2n) is 8.40. The van der Waals surface area contributed by atoms with Crippen molar-refractivity contribution >= 4 is 44.3 Å². The number of aryl methyl sites for hydroxylation is 1. The van der Waals surface area contributed by atoms with E-state index in [1.165, 1.54) is 11.5 Å². The van der Waals surface area contributed by atoms with Crippen molar-refractivity contribution in [3.05, 3.63) is 52.1 Å². The van der Waals surface area contributed by atoms with E-state index in [1.807, 2.05) is 23.2 Å². The number of hydrogen-bond donors (Lipinski definition) is 1. The van der Waals surface area contributed by atoms with Gasteiger partial charge in [0, 0.05) is 65.6 Å². The number of carbonyl (C=O) groups is 1. The summed E-state index contributed by atoms with van der Waals surface area (Å²) in [5, 5.41) is 3.99. The number of aromatic nitrogens is 4. The quantitative estimate of drug-likeness (QED) is 0.496. The van der Waals surface area contributed by atoms with Crippen LogP contribution < -0.4 is 10.1 Å². The highest BCUT2D eigenvalue weighted by molar-refractivity contribution is 9.10. The fourth-order valence-electron chi connectivity index (χ4n) is 4.45. The first kappa shape index (κ1) is 22.2. The molecule has 33 heavy (non-hydrogen) atoms. The number of nitrogens with one attached hydrogen (secondary N) is 1. The Kier molecular flexibility index (Phi) is 6.55. The maximum Gasteiger partial charge on any atom is 0.219 e. The maximum atomic E-state index is 11.6. The number of halogens is 1. The van der Waals surface area contributed by atoms with Crippen molar-refractivity contribution in [3.8, 4) is 5.75 Å². The van der Waals surface area contributed by atoms with Crippen LogP contribution in [0.15, 0.2) is 35.1 Å². The van der Waals surface area contributed by atoms with Gasteiger partial charge < -0.3 is 15.0 Å². The summed E-state index contributed by atoms with van der Waals surface area (Å²) < 4.78 is 11.9. The van der Waals surface area contributed by atoms with Crippen LogP contribution in [0.4, 0.5) is 10.9 Å².